The van der Waals surface area contributed by atoms with Crippen LogP contribution in [0.2, 0.25) is 0 Å². The summed E-state index contributed by atoms with van der Waals surface area (Å²) in [5, 5.41) is 26.2. The highest BCUT2D eigenvalue weighted by Gasteiger charge is 2.53. The molecule has 3 fully saturated rings. The minimum Gasteiger partial charge on any atom is -0.481 e. The number of nitrogens with one attached hydrogen (secondary N) is 2. The third kappa shape index (κ3) is 6.36. The molecule has 0 spiro atoms. The number of hydrogen-bond acceptors (Lipinski definition) is 4. The number of amides is 2. The van der Waals surface area contributed by atoms with Gasteiger partial charge in [0.15, 0.2) is 0 Å². The normalized spacial score (nSPS) is 31.3. The molecule has 0 heterocycles. The number of aliphatic carboxylic acids is 2. The van der Waals surface area contributed by atoms with Crippen LogP contribution < -0.4 is 10.6 Å². The average Bonchev–Trinajstić information content (AvgIpc) is 2.83. The summed E-state index contributed by atoms with van der Waals surface area (Å²) in [7, 11) is 0. The maximum absolute atomic E-state index is 13.6. The molecule has 7 atom stereocenters. The van der Waals surface area contributed by atoms with E-state index in [0.29, 0.717) is 24.8 Å². The monoisotopic (exact) mass is 534 g/mol. The van der Waals surface area contributed by atoms with Crippen LogP contribution in [0, 0.1) is 46.8 Å². The average molecular weight is 535 g/mol. The lowest BCUT2D eigenvalue weighted by Crippen LogP contribution is -2.60. The third-order valence-corrected chi connectivity index (χ3v) is 11.1. The number of hydrogen-bond donors (Lipinski definition) is 4. The van der Waals surface area contributed by atoms with Crippen LogP contribution in [0.25, 0.3) is 0 Å². The van der Waals surface area contributed by atoms with Gasteiger partial charge in [-0.2, -0.15) is 0 Å². The van der Waals surface area contributed by atoms with E-state index in [1.54, 1.807) is 0 Å². The molecule has 2 amide bonds. The summed E-state index contributed by atoms with van der Waals surface area (Å²) in [5.41, 5.74) is -0.800. The van der Waals surface area contributed by atoms with Gasteiger partial charge in [-0.1, -0.05) is 53.4 Å². The highest BCUT2D eigenvalue weighted by Crippen LogP contribution is 2.43. The molecule has 3 aliphatic carbocycles. The zero-order chi connectivity index (χ0) is 28.3. The van der Waals surface area contributed by atoms with E-state index in [1.165, 1.54) is 25.7 Å². The Hall–Kier alpha value is -2.12. The van der Waals surface area contributed by atoms with Crippen molar-refractivity contribution in [3.63, 3.8) is 0 Å². The van der Waals surface area contributed by atoms with E-state index in [1.807, 2.05) is 13.8 Å². The Kier molecular flexibility index (Phi) is 9.91. The first-order chi connectivity index (χ1) is 17.8. The van der Waals surface area contributed by atoms with Crippen LogP contribution in [0.3, 0.4) is 0 Å². The van der Waals surface area contributed by atoms with Gasteiger partial charge in [0.05, 0.1) is 23.7 Å². The van der Waals surface area contributed by atoms with Crippen LogP contribution in [0.15, 0.2) is 0 Å². The maximum atomic E-state index is 13.6. The topological polar surface area (TPSA) is 133 Å². The molecule has 4 N–H and O–H groups in total. The Morgan fingerprint density at radius 2 is 1.37 bits per heavy atom. The van der Waals surface area contributed by atoms with Gasteiger partial charge in [-0.15, -0.1) is 0 Å². The third-order valence-electron chi connectivity index (χ3n) is 11.1. The van der Waals surface area contributed by atoms with Gasteiger partial charge >= 0.3 is 11.9 Å². The highest BCUT2D eigenvalue weighted by atomic mass is 16.4. The fourth-order valence-electron chi connectivity index (χ4n) is 6.82. The zero-order valence-electron chi connectivity index (χ0n) is 24.1. The minimum atomic E-state index is -1.38. The van der Waals surface area contributed by atoms with Crippen LogP contribution in [0.4, 0.5) is 0 Å². The molecule has 8 nitrogen and oxygen atoms in total. The summed E-state index contributed by atoms with van der Waals surface area (Å²) in [4.78, 5) is 51.7. The van der Waals surface area contributed by atoms with E-state index < -0.39 is 53.0 Å². The lowest BCUT2D eigenvalue weighted by atomic mass is 9.64. The van der Waals surface area contributed by atoms with Crippen molar-refractivity contribution < 1.29 is 29.4 Å². The molecular weight excluding hydrogens is 484 g/mol. The van der Waals surface area contributed by atoms with Gasteiger partial charge in [0.1, 0.15) is 0 Å². The van der Waals surface area contributed by atoms with E-state index in [-0.39, 0.29) is 18.3 Å². The van der Waals surface area contributed by atoms with E-state index in [0.717, 1.165) is 31.6 Å². The Labute approximate surface area is 228 Å². The van der Waals surface area contributed by atoms with E-state index in [9.17, 15) is 29.4 Å². The molecule has 3 rings (SSSR count). The molecule has 0 aromatic heterocycles. The number of carboxylic acid groups (broad SMARTS) is 2. The van der Waals surface area contributed by atoms with Crippen LogP contribution in [0.5, 0.6) is 0 Å². The molecule has 0 radical (unpaired) electrons. The summed E-state index contributed by atoms with van der Waals surface area (Å²) < 4.78 is 0. The minimum absolute atomic E-state index is 0.0999. The Bertz CT molecular complexity index is 884. The van der Waals surface area contributed by atoms with Gasteiger partial charge in [-0.05, 0) is 75.0 Å². The zero-order valence-corrected chi connectivity index (χ0v) is 24.1. The number of carbonyl (C=O) groups is 4. The predicted molar refractivity (Wildman–Crippen MR) is 145 cm³/mol. The first kappa shape index (κ1) is 30.4. The fourth-order valence-corrected chi connectivity index (χ4v) is 6.82. The molecule has 0 aromatic rings. The number of rotatable bonds is 13. The molecule has 0 saturated heterocycles. The van der Waals surface area contributed by atoms with Crippen molar-refractivity contribution in [2.24, 2.45) is 46.8 Å². The Balaban J connectivity index is 1.72. The molecule has 0 bridgehead atoms. The van der Waals surface area contributed by atoms with Crippen molar-refractivity contribution in [3.05, 3.63) is 0 Å². The standard InChI is InChI=1S/C30H50N2O6/c1-6-29(3,4)30(5,7-2)32-25(33)21-15-16-22(27(35)36)23(24(21)28(37)38)26(34)31-17-20-14-13-19(20)12-11-18-9-8-10-18/h18-24H,6-17H2,1-5H3,(H,31,34)(H,32,33)(H,35,36)(H,37,38). The van der Waals surface area contributed by atoms with Gasteiger partial charge in [-0.25, -0.2) is 0 Å². The first-order valence-corrected chi connectivity index (χ1v) is 14.9. The second kappa shape index (κ2) is 12.4. The number of carboxylic acids is 2. The largest absolute Gasteiger partial charge is 0.481 e. The summed E-state index contributed by atoms with van der Waals surface area (Å²) in [5.74, 6) is -6.39. The first-order valence-electron chi connectivity index (χ1n) is 14.9. The van der Waals surface area contributed by atoms with E-state index in [4.69, 9.17) is 0 Å². The second-order valence-electron chi connectivity index (χ2n) is 13.1. The van der Waals surface area contributed by atoms with Crippen molar-refractivity contribution in [1.29, 1.82) is 0 Å². The van der Waals surface area contributed by atoms with E-state index >= 15 is 0 Å². The summed E-state index contributed by atoms with van der Waals surface area (Å²) >= 11 is 0. The van der Waals surface area contributed by atoms with Crippen molar-refractivity contribution in [1.82, 2.24) is 10.6 Å². The summed E-state index contributed by atoms with van der Waals surface area (Å²) in [6.07, 6.45) is 10.3. The van der Waals surface area contributed by atoms with Gasteiger partial charge in [0, 0.05) is 12.1 Å². The molecule has 0 aliphatic heterocycles. The molecular formula is C30H50N2O6. The Morgan fingerprint density at radius 3 is 1.84 bits per heavy atom. The maximum Gasteiger partial charge on any atom is 0.308 e. The van der Waals surface area contributed by atoms with Crippen molar-refractivity contribution >= 4 is 23.8 Å². The SMILES string of the molecule is CCC(C)(C)C(C)(CC)NC(=O)C1CCC(C(=O)O)C(C(=O)NCC2CCC2CCC2CCC2)C1C(=O)O. The van der Waals surface area contributed by atoms with Gasteiger partial charge in [0.25, 0.3) is 0 Å². The Morgan fingerprint density at radius 1 is 0.737 bits per heavy atom. The molecule has 38 heavy (non-hydrogen) atoms. The molecule has 0 aromatic carbocycles. The number of carbonyl (C=O) groups excluding carboxylic acids is 2. The van der Waals surface area contributed by atoms with Crippen molar-refractivity contribution in [2.45, 2.75) is 111 Å². The van der Waals surface area contributed by atoms with Gasteiger partial charge in [-0.3, -0.25) is 19.2 Å². The smallest absolute Gasteiger partial charge is 0.308 e. The molecule has 7 unspecified atom stereocenters. The summed E-state index contributed by atoms with van der Waals surface area (Å²) in [6, 6.07) is 0. The molecule has 3 aliphatic rings. The molecule has 8 heteroatoms. The van der Waals surface area contributed by atoms with Gasteiger partial charge in [0.2, 0.25) is 11.8 Å². The predicted octanol–water partition coefficient (Wildman–Crippen LogP) is 4.86. The highest BCUT2D eigenvalue weighted by molar-refractivity contribution is 5.93. The summed E-state index contributed by atoms with van der Waals surface area (Å²) in [6.45, 7) is 10.6. The lowest BCUT2D eigenvalue weighted by molar-refractivity contribution is -0.164. The van der Waals surface area contributed by atoms with Crippen LogP contribution in [-0.4, -0.2) is 46.0 Å². The quantitative estimate of drug-likeness (QED) is 0.267. The fraction of sp³-hybridized carbons (Fsp3) is 0.867. The molecule has 3 saturated carbocycles. The van der Waals surface area contributed by atoms with E-state index in [2.05, 4.69) is 31.4 Å². The second-order valence-corrected chi connectivity index (χ2v) is 13.1. The van der Waals surface area contributed by atoms with Gasteiger partial charge < -0.3 is 20.8 Å². The van der Waals surface area contributed by atoms with Crippen LogP contribution in [-0.2, 0) is 19.2 Å². The van der Waals surface area contributed by atoms with Crippen LogP contribution in [0.1, 0.15) is 105 Å². The van der Waals surface area contributed by atoms with Crippen molar-refractivity contribution in [3.8, 4) is 0 Å². The van der Waals surface area contributed by atoms with Crippen molar-refractivity contribution in [2.75, 3.05) is 6.54 Å². The molecule has 216 valence electrons. The van der Waals surface area contributed by atoms with Crippen LogP contribution >= 0.6 is 0 Å². The lowest BCUT2D eigenvalue weighted by Gasteiger charge is -2.46.